The van der Waals surface area contributed by atoms with E-state index in [4.69, 9.17) is 5.26 Å². The van der Waals surface area contributed by atoms with E-state index in [9.17, 15) is 18.0 Å². The van der Waals surface area contributed by atoms with Crippen LogP contribution in [0.1, 0.15) is 21.5 Å². The highest BCUT2D eigenvalue weighted by molar-refractivity contribution is 6.03. The van der Waals surface area contributed by atoms with Crippen LogP contribution >= 0.6 is 0 Å². The van der Waals surface area contributed by atoms with Crippen molar-refractivity contribution in [3.8, 4) is 6.07 Å². The summed E-state index contributed by atoms with van der Waals surface area (Å²) in [5, 5.41) is 16.9. The highest BCUT2D eigenvalue weighted by Crippen LogP contribution is 2.33. The normalized spacial score (nSPS) is 10.9. The molecule has 5 nitrogen and oxygen atoms in total. The van der Waals surface area contributed by atoms with Crippen LogP contribution in [-0.2, 0) is 6.18 Å². The lowest BCUT2D eigenvalue weighted by molar-refractivity contribution is -0.137. The van der Waals surface area contributed by atoms with Gasteiger partial charge in [-0.2, -0.15) is 23.5 Å². The van der Waals surface area contributed by atoms with Gasteiger partial charge in [0, 0.05) is 11.9 Å². The first-order valence-corrected chi connectivity index (χ1v) is 5.33. The Kier molecular flexibility index (Phi) is 3.43. The molecule has 0 atom stereocenters. The molecule has 2 N–H and O–H groups in total. The van der Waals surface area contributed by atoms with E-state index >= 15 is 0 Å². The van der Waals surface area contributed by atoms with Crippen molar-refractivity contribution in [1.29, 1.82) is 5.26 Å². The number of aromatic nitrogens is 2. The highest BCUT2D eigenvalue weighted by Gasteiger charge is 2.34. The molecule has 1 aromatic carbocycles. The number of halogens is 3. The molecule has 0 aliphatic rings. The Balaban J connectivity index is 2.31. The van der Waals surface area contributed by atoms with Crippen molar-refractivity contribution in [2.24, 2.45) is 0 Å². The SMILES string of the molecule is N#Cc1ccc(NC(=O)c2cn[nH]c2)cc1C(F)(F)F. The van der Waals surface area contributed by atoms with Crippen molar-refractivity contribution in [2.75, 3.05) is 5.32 Å². The molecule has 8 heteroatoms. The summed E-state index contributed by atoms with van der Waals surface area (Å²) in [7, 11) is 0. The van der Waals surface area contributed by atoms with Gasteiger partial charge in [-0.1, -0.05) is 0 Å². The Morgan fingerprint density at radius 1 is 1.40 bits per heavy atom. The summed E-state index contributed by atoms with van der Waals surface area (Å²) in [6.07, 6.45) is -2.12. The van der Waals surface area contributed by atoms with Crippen LogP contribution in [0.15, 0.2) is 30.6 Å². The van der Waals surface area contributed by atoms with Gasteiger partial charge in [-0.05, 0) is 18.2 Å². The van der Waals surface area contributed by atoms with Crippen molar-refractivity contribution >= 4 is 11.6 Å². The molecule has 0 spiro atoms. The number of hydrogen-bond donors (Lipinski definition) is 2. The predicted octanol–water partition coefficient (Wildman–Crippen LogP) is 2.55. The molecule has 0 unspecified atom stereocenters. The zero-order chi connectivity index (χ0) is 14.8. The Morgan fingerprint density at radius 3 is 2.70 bits per heavy atom. The molecule has 0 fully saturated rings. The molecule has 0 saturated carbocycles. The van der Waals surface area contributed by atoms with Crippen molar-refractivity contribution in [3.05, 3.63) is 47.3 Å². The number of benzene rings is 1. The summed E-state index contributed by atoms with van der Waals surface area (Å²) in [4.78, 5) is 11.7. The molecule has 0 radical (unpaired) electrons. The second-order valence-electron chi connectivity index (χ2n) is 3.81. The minimum atomic E-state index is -4.67. The summed E-state index contributed by atoms with van der Waals surface area (Å²) in [6, 6.07) is 4.42. The zero-order valence-corrected chi connectivity index (χ0v) is 9.82. The Hall–Kier alpha value is -2.82. The number of rotatable bonds is 2. The topological polar surface area (TPSA) is 81.6 Å². The summed E-state index contributed by atoms with van der Waals surface area (Å²) in [5.41, 5.74) is -1.46. The van der Waals surface area contributed by atoms with Crippen LogP contribution in [0.2, 0.25) is 0 Å². The quantitative estimate of drug-likeness (QED) is 0.886. The lowest BCUT2D eigenvalue weighted by atomic mass is 10.1. The number of carbonyl (C=O) groups excluding carboxylic acids is 1. The number of amides is 1. The van der Waals surface area contributed by atoms with Crippen LogP contribution < -0.4 is 5.32 Å². The molecule has 0 aliphatic heterocycles. The van der Waals surface area contributed by atoms with Gasteiger partial charge in [-0.15, -0.1) is 0 Å². The molecule has 20 heavy (non-hydrogen) atoms. The van der Waals surface area contributed by atoms with E-state index in [0.717, 1.165) is 12.1 Å². The van der Waals surface area contributed by atoms with Crippen molar-refractivity contribution in [3.63, 3.8) is 0 Å². The number of nitrogens with zero attached hydrogens (tertiary/aromatic N) is 2. The lowest BCUT2D eigenvalue weighted by Crippen LogP contribution is -2.13. The maximum Gasteiger partial charge on any atom is 0.417 e. The molecule has 1 aromatic heterocycles. The minimum Gasteiger partial charge on any atom is -0.322 e. The summed E-state index contributed by atoms with van der Waals surface area (Å²) >= 11 is 0. The van der Waals surface area contributed by atoms with Gasteiger partial charge in [-0.3, -0.25) is 9.89 Å². The third-order valence-corrected chi connectivity index (χ3v) is 2.46. The van der Waals surface area contributed by atoms with E-state index in [0.29, 0.717) is 0 Å². The third kappa shape index (κ3) is 2.77. The van der Waals surface area contributed by atoms with Crippen LogP contribution in [0.4, 0.5) is 18.9 Å². The first-order valence-electron chi connectivity index (χ1n) is 5.33. The van der Waals surface area contributed by atoms with Gasteiger partial charge in [0.2, 0.25) is 0 Å². The molecular formula is C12H7F3N4O. The van der Waals surface area contributed by atoms with Gasteiger partial charge < -0.3 is 5.32 Å². The maximum absolute atomic E-state index is 12.7. The van der Waals surface area contributed by atoms with Crippen LogP contribution in [-0.4, -0.2) is 16.1 Å². The summed E-state index contributed by atoms with van der Waals surface area (Å²) in [6.45, 7) is 0. The van der Waals surface area contributed by atoms with Gasteiger partial charge in [0.05, 0.1) is 29.0 Å². The number of H-pyrrole nitrogens is 1. The number of nitrogens with one attached hydrogen (secondary N) is 2. The molecule has 1 heterocycles. The van der Waals surface area contributed by atoms with Gasteiger partial charge in [-0.25, -0.2) is 0 Å². The fraction of sp³-hybridized carbons (Fsp3) is 0.0833. The molecule has 2 rings (SSSR count). The molecular weight excluding hydrogens is 273 g/mol. The zero-order valence-electron chi connectivity index (χ0n) is 9.82. The highest BCUT2D eigenvalue weighted by atomic mass is 19.4. The minimum absolute atomic E-state index is 0.0532. The van der Waals surface area contributed by atoms with Crippen molar-refractivity contribution in [2.45, 2.75) is 6.18 Å². The Morgan fingerprint density at radius 2 is 2.15 bits per heavy atom. The van der Waals surface area contributed by atoms with E-state index in [1.54, 1.807) is 0 Å². The van der Waals surface area contributed by atoms with Crippen LogP contribution in [0.5, 0.6) is 0 Å². The lowest BCUT2D eigenvalue weighted by Gasteiger charge is -2.11. The maximum atomic E-state index is 12.7. The summed E-state index contributed by atoms with van der Waals surface area (Å²) < 4.78 is 38.2. The average Bonchev–Trinajstić information content (AvgIpc) is 2.91. The van der Waals surface area contributed by atoms with E-state index < -0.39 is 23.2 Å². The van der Waals surface area contributed by atoms with Gasteiger partial charge in [0.25, 0.3) is 5.91 Å². The summed E-state index contributed by atoms with van der Waals surface area (Å²) in [5.74, 6) is -0.600. The number of anilines is 1. The van der Waals surface area contributed by atoms with Crippen molar-refractivity contribution in [1.82, 2.24) is 10.2 Å². The Bertz CT molecular complexity index is 671. The standard InChI is InChI=1S/C12H7F3N4O/c13-12(14,15)10-3-9(2-1-7(10)4-16)19-11(20)8-5-17-18-6-8/h1-3,5-6H,(H,17,18)(H,19,20). The number of carbonyl (C=O) groups is 1. The van der Waals surface area contributed by atoms with Gasteiger partial charge >= 0.3 is 6.18 Å². The first kappa shape index (κ1) is 13.6. The third-order valence-electron chi connectivity index (χ3n) is 2.46. The van der Waals surface area contributed by atoms with E-state index in [1.165, 1.54) is 24.5 Å². The van der Waals surface area contributed by atoms with Crippen LogP contribution in [0.3, 0.4) is 0 Å². The molecule has 0 aliphatic carbocycles. The molecule has 0 saturated heterocycles. The van der Waals surface area contributed by atoms with Crippen molar-refractivity contribution < 1.29 is 18.0 Å². The second-order valence-corrected chi connectivity index (χ2v) is 3.81. The fourth-order valence-electron chi connectivity index (χ4n) is 1.53. The molecule has 0 bridgehead atoms. The number of nitriles is 1. The molecule has 102 valence electrons. The fourth-order valence-corrected chi connectivity index (χ4v) is 1.53. The predicted molar refractivity (Wildman–Crippen MR) is 62.7 cm³/mol. The van der Waals surface area contributed by atoms with Gasteiger partial charge in [0.15, 0.2) is 0 Å². The average molecular weight is 280 g/mol. The van der Waals surface area contributed by atoms with Gasteiger partial charge in [0.1, 0.15) is 0 Å². The van der Waals surface area contributed by atoms with E-state index in [1.807, 2.05) is 0 Å². The first-order chi connectivity index (χ1) is 9.41. The number of hydrogen-bond acceptors (Lipinski definition) is 3. The van der Waals surface area contributed by atoms with E-state index in [-0.39, 0.29) is 11.3 Å². The monoisotopic (exact) mass is 280 g/mol. The smallest absolute Gasteiger partial charge is 0.322 e. The Labute approximate surface area is 111 Å². The molecule has 2 aromatic rings. The van der Waals surface area contributed by atoms with E-state index in [2.05, 4.69) is 15.5 Å². The largest absolute Gasteiger partial charge is 0.417 e. The van der Waals surface area contributed by atoms with Crippen LogP contribution in [0, 0.1) is 11.3 Å². The second kappa shape index (κ2) is 5.05. The number of alkyl halides is 3. The van der Waals surface area contributed by atoms with Crippen LogP contribution in [0.25, 0.3) is 0 Å². The molecule has 1 amide bonds. The number of aromatic amines is 1.